The molecular formula is C22H41N. The highest BCUT2D eigenvalue weighted by molar-refractivity contribution is 4.90. The van der Waals surface area contributed by atoms with Crippen molar-refractivity contribution in [3.8, 4) is 0 Å². The van der Waals surface area contributed by atoms with Crippen molar-refractivity contribution in [3.05, 3.63) is 0 Å². The average molecular weight is 320 g/mol. The van der Waals surface area contributed by atoms with Crippen LogP contribution in [0.25, 0.3) is 0 Å². The minimum atomic E-state index is 0.565. The first-order valence-corrected chi connectivity index (χ1v) is 10.8. The lowest BCUT2D eigenvalue weighted by molar-refractivity contribution is 0.105. The van der Waals surface area contributed by atoms with E-state index in [9.17, 15) is 0 Å². The Morgan fingerprint density at radius 3 is 2.39 bits per heavy atom. The van der Waals surface area contributed by atoms with E-state index in [1.165, 1.54) is 57.9 Å². The summed E-state index contributed by atoms with van der Waals surface area (Å²) in [6, 6.07) is 0.816. The monoisotopic (exact) mass is 319 g/mol. The van der Waals surface area contributed by atoms with Crippen LogP contribution in [0.5, 0.6) is 0 Å². The van der Waals surface area contributed by atoms with Crippen LogP contribution in [0.4, 0.5) is 0 Å². The highest BCUT2D eigenvalue weighted by Gasteiger charge is 2.39. The Labute approximate surface area is 145 Å². The summed E-state index contributed by atoms with van der Waals surface area (Å²) >= 11 is 0. The van der Waals surface area contributed by atoms with Gasteiger partial charge in [0, 0.05) is 6.04 Å². The third kappa shape index (κ3) is 5.21. The van der Waals surface area contributed by atoms with Crippen molar-refractivity contribution in [1.82, 2.24) is 5.32 Å². The minimum absolute atomic E-state index is 0.565. The zero-order valence-corrected chi connectivity index (χ0v) is 16.1. The maximum absolute atomic E-state index is 3.86. The van der Waals surface area contributed by atoms with Gasteiger partial charge in [0.15, 0.2) is 0 Å². The van der Waals surface area contributed by atoms with Crippen LogP contribution in [-0.2, 0) is 0 Å². The molecule has 0 bridgehead atoms. The average Bonchev–Trinajstić information content (AvgIpc) is 3.37. The molecule has 4 atom stereocenters. The fourth-order valence-corrected chi connectivity index (χ4v) is 5.61. The summed E-state index contributed by atoms with van der Waals surface area (Å²) in [5, 5.41) is 3.86. The number of rotatable bonds is 7. The molecular weight excluding hydrogens is 278 g/mol. The molecule has 0 spiro atoms. The van der Waals surface area contributed by atoms with Crippen molar-refractivity contribution < 1.29 is 0 Å². The molecule has 0 aliphatic heterocycles. The molecule has 0 amide bonds. The van der Waals surface area contributed by atoms with Gasteiger partial charge in [-0.25, -0.2) is 0 Å². The number of nitrogens with one attached hydrogen (secondary N) is 1. The third-order valence-electron chi connectivity index (χ3n) is 7.48. The first-order valence-electron chi connectivity index (χ1n) is 10.8. The summed E-state index contributed by atoms with van der Waals surface area (Å²) in [4.78, 5) is 0. The first-order chi connectivity index (χ1) is 11.0. The quantitative estimate of drug-likeness (QED) is 0.553. The predicted molar refractivity (Wildman–Crippen MR) is 101 cm³/mol. The van der Waals surface area contributed by atoms with E-state index in [-0.39, 0.29) is 0 Å². The van der Waals surface area contributed by atoms with Crippen LogP contribution < -0.4 is 5.32 Å². The van der Waals surface area contributed by atoms with Crippen LogP contribution in [0.1, 0.15) is 97.8 Å². The molecule has 1 nitrogen and oxygen atoms in total. The van der Waals surface area contributed by atoms with E-state index in [1.54, 1.807) is 25.7 Å². The van der Waals surface area contributed by atoms with Gasteiger partial charge < -0.3 is 5.32 Å². The Hall–Kier alpha value is -0.0400. The van der Waals surface area contributed by atoms with Gasteiger partial charge in [0.1, 0.15) is 0 Å². The van der Waals surface area contributed by atoms with E-state index in [0.717, 1.165) is 29.7 Å². The van der Waals surface area contributed by atoms with Gasteiger partial charge in [0.2, 0.25) is 0 Å². The smallest absolute Gasteiger partial charge is 0.00696 e. The molecule has 23 heavy (non-hydrogen) atoms. The van der Waals surface area contributed by atoms with Crippen LogP contribution in [0, 0.1) is 29.1 Å². The molecule has 1 heteroatoms. The first kappa shape index (κ1) is 17.8. The highest BCUT2D eigenvalue weighted by Crippen LogP contribution is 2.50. The lowest BCUT2D eigenvalue weighted by Gasteiger charge is -2.40. The van der Waals surface area contributed by atoms with Gasteiger partial charge in [-0.1, -0.05) is 46.5 Å². The van der Waals surface area contributed by atoms with Gasteiger partial charge in [-0.2, -0.15) is 0 Å². The molecule has 3 rings (SSSR count). The van der Waals surface area contributed by atoms with Gasteiger partial charge >= 0.3 is 0 Å². The van der Waals surface area contributed by atoms with Gasteiger partial charge in [-0.3, -0.25) is 0 Å². The lowest BCUT2D eigenvalue weighted by atomic mass is 9.65. The molecule has 0 aromatic rings. The number of hydrogen-bond acceptors (Lipinski definition) is 1. The van der Waals surface area contributed by atoms with Crippen LogP contribution in [-0.4, -0.2) is 12.6 Å². The van der Waals surface area contributed by atoms with Crippen molar-refractivity contribution in [1.29, 1.82) is 0 Å². The second-order valence-corrected chi connectivity index (χ2v) is 9.98. The Bertz CT molecular complexity index is 357. The second kappa shape index (κ2) is 7.89. The minimum Gasteiger partial charge on any atom is -0.314 e. The summed E-state index contributed by atoms with van der Waals surface area (Å²) in [7, 11) is 0. The molecule has 3 aliphatic carbocycles. The Morgan fingerprint density at radius 1 is 0.870 bits per heavy atom. The summed E-state index contributed by atoms with van der Waals surface area (Å²) in [6.45, 7) is 8.81. The van der Waals surface area contributed by atoms with E-state index in [1.807, 2.05) is 0 Å². The molecule has 134 valence electrons. The lowest BCUT2D eigenvalue weighted by Crippen LogP contribution is -2.35. The molecule has 0 aromatic carbocycles. The Morgan fingerprint density at radius 2 is 1.65 bits per heavy atom. The van der Waals surface area contributed by atoms with Gasteiger partial charge in [-0.15, -0.1) is 0 Å². The van der Waals surface area contributed by atoms with Gasteiger partial charge in [0.05, 0.1) is 0 Å². The molecule has 0 radical (unpaired) electrons. The molecule has 4 unspecified atom stereocenters. The summed E-state index contributed by atoms with van der Waals surface area (Å²) in [6.07, 6.45) is 17.7. The van der Waals surface area contributed by atoms with Gasteiger partial charge in [0.25, 0.3) is 0 Å². The number of hydrogen-bond donors (Lipinski definition) is 1. The zero-order valence-electron chi connectivity index (χ0n) is 16.1. The SMILES string of the molecule is CC1CCCC(NCCCC(C)(C)C2CCCC(C3CC3)C2)C1. The molecule has 1 N–H and O–H groups in total. The third-order valence-corrected chi connectivity index (χ3v) is 7.48. The fourth-order valence-electron chi connectivity index (χ4n) is 5.61. The molecule has 3 fully saturated rings. The fraction of sp³-hybridized carbons (Fsp3) is 1.00. The normalized spacial score (nSPS) is 36.1. The van der Waals surface area contributed by atoms with Crippen molar-refractivity contribution in [2.75, 3.05) is 6.54 Å². The van der Waals surface area contributed by atoms with Gasteiger partial charge in [-0.05, 0) is 87.0 Å². The zero-order chi connectivity index (χ0) is 16.3. The van der Waals surface area contributed by atoms with Crippen LogP contribution in [0.15, 0.2) is 0 Å². The van der Waals surface area contributed by atoms with E-state index < -0.39 is 0 Å². The Balaban J connectivity index is 1.36. The molecule has 0 saturated heterocycles. The van der Waals surface area contributed by atoms with E-state index >= 15 is 0 Å². The maximum Gasteiger partial charge on any atom is 0.00696 e. The maximum atomic E-state index is 3.86. The summed E-state index contributed by atoms with van der Waals surface area (Å²) in [5.41, 5.74) is 0.565. The van der Waals surface area contributed by atoms with E-state index in [0.29, 0.717) is 5.41 Å². The van der Waals surface area contributed by atoms with Crippen LogP contribution in [0.3, 0.4) is 0 Å². The molecule has 3 aliphatic rings. The van der Waals surface area contributed by atoms with Crippen molar-refractivity contribution in [2.24, 2.45) is 29.1 Å². The molecule has 3 saturated carbocycles. The van der Waals surface area contributed by atoms with Crippen LogP contribution >= 0.6 is 0 Å². The molecule has 0 heterocycles. The van der Waals surface area contributed by atoms with Crippen LogP contribution in [0.2, 0.25) is 0 Å². The van der Waals surface area contributed by atoms with Crippen molar-refractivity contribution in [3.63, 3.8) is 0 Å². The van der Waals surface area contributed by atoms with E-state index in [4.69, 9.17) is 0 Å². The van der Waals surface area contributed by atoms with E-state index in [2.05, 4.69) is 26.1 Å². The molecule has 0 aromatic heterocycles. The summed E-state index contributed by atoms with van der Waals surface area (Å²) in [5.74, 6) is 4.16. The van der Waals surface area contributed by atoms with Crippen molar-refractivity contribution >= 4 is 0 Å². The standard InChI is InChI=1S/C22H41N/c1-17-7-4-10-21(15-17)23-14-6-13-22(2,3)20-9-5-8-19(16-20)18-11-12-18/h17-21,23H,4-16H2,1-3H3. The van der Waals surface area contributed by atoms with Crippen molar-refractivity contribution in [2.45, 2.75) is 104 Å². The highest BCUT2D eigenvalue weighted by atomic mass is 14.9. The predicted octanol–water partition coefficient (Wildman–Crippen LogP) is 6.18. The second-order valence-electron chi connectivity index (χ2n) is 9.98. The largest absolute Gasteiger partial charge is 0.314 e. The Kier molecular flexibility index (Phi) is 6.10. The topological polar surface area (TPSA) is 12.0 Å². The summed E-state index contributed by atoms with van der Waals surface area (Å²) < 4.78 is 0.